The molecule has 0 spiro atoms. The van der Waals surface area contributed by atoms with Crippen LogP contribution in [0.4, 0.5) is 0 Å². The van der Waals surface area contributed by atoms with Gasteiger partial charge in [0.25, 0.3) is 0 Å². The van der Waals surface area contributed by atoms with Crippen molar-refractivity contribution in [3.8, 4) is 0 Å². The molecule has 0 aromatic heterocycles. The average molecular weight is 348 g/mol. The average Bonchev–Trinajstić information content (AvgIpc) is 3.22. The highest BCUT2D eigenvalue weighted by atomic mass is 16.4. The Morgan fingerprint density at radius 2 is 1.68 bits per heavy atom. The van der Waals surface area contributed by atoms with Gasteiger partial charge in [0.1, 0.15) is 6.54 Å². The fourth-order valence-electron chi connectivity index (χ4n) is 5.45. The van der Waals surface area contributed by atoms with Gasteiger partial charge in [-0.15, -0.1) is 0 Å². The molecule has 136 valence electrons. The Labute approximate surface area is 146 Å². The van der Waals surface area contributed by atoms with Gasteiger partial charge in [0.15, 0.2) is 0 Å². The van der Waals surface area contributed by atoms with Crippen LogP contribution in [0.3, 0.4) is 0 Å². The lowest BCUT2D eigenvalue weighted by atomic mass is 9.81. The van der Waals surface area contributed by atoms with Gasteiger partial charge in [-0.05, 0) is 31.6 Å². The van der Waals surface area contributed by atoms with E-state index in [9.17, 15) is 24.3 Å². The van der Waals surface area contributed by atoms with E-state index in [1.54, 1.807) is 4.90 Å². The molecular weight excluding hydrogens is 324 g/mol. The van der Waals surface area contributed by atoms with E-state index in [-0.39, 0.29) is 48.6 Å². The molecule has 2 aliphatic heterocycles. The molecule has 2 heterocycles. The zero-order valence-corrected chi connectivity index (χ0v) is 14.3. The predicted octanol–water partition coefficient (Wildman–Crippen LogP) is 0.875. The molecule has 0 radical (unpaired) electrons. The van der Waals surface area contributed by atoms with Crippen molar-refractivity contribution in [1.29, 1.82) is 0 Å². The number of rotatable bonds is 3. The summed E-state index contributed by atoms with van der Waals surface area (Å²) in [4.78, 5) is 52.1. The monoisotopic (exact) mass is 348 g/mol. The van der Waals surface area contributed by atoms with E-state index in [1.165, 1.54) is 0 Å². The summed E-state index contributed by atoms with van der Waals surface area (Å²) in [5.74, 6) is -2.07. The largest absolute Gasteiger partial charge is 0.481 e. The maximum atomic E-state index is 12.7. The molecule has 7 nitrogen and oxygen atoms in total. The number of carbonyl (C=O) groups is 4. The van der Waals surface area contributed by atoms with Crippen molar-refractivity contribution in [3.63, 3.8) is 0 Å². The lowest BCUT2D eigenvalue weighted by molar-refractivity contribution is -0.151. The number of aliphatic carboxylic acids is 1. The Morgan fingerprint density at radius 3 is 2.24 bits per heavy atom. The van der Waals surface area contributed by atoms with Gasteiger partial charge in [0.05, 0.1) is 17.3 Å². The first-order valence-electron chi connectivity index (χ1n) is 9.30. The maximum Gasteiger partial charge on any atom is 0.311 e. The van der Waals surface area contributed by atoms with Crippen LogP contribution in [0.5, 0.6) is 0 Å². The van der Waals surface area contributed by atoms with Crippen molar-refractivity contribution in [2.75, 3.05) is 19.6 Å². The maximum absolute atomic E-state index is 12.7. The molecular formula is C18H24N2O5. The molecule has 2 saturated carbocycles. The van der Waals surface area contributed by atoms with Crippen molar-refractivity contribution < 1.29 is 24.3 Å². The second-order valence-corrected chi connectivity index (χ2v) is 8.08. The first-order valence-corrected chi connectivity index (χ1v) is 9.30. The third-order valence-corrected chi connectivity index (χ3v) is 6.88. The number of carboxylic acid groups (broad SMARTS) is 1. The zero-order valence-electron chi connectivity index (χ0n) is 14.3. The Bertz CT molecular complexity index is 623. The standard InChI is InChI=1S/C18H24N2O5/c21-14(19-8-11-4-3-7-18(11,10-19)17(24)25)9-20-15(22)12-5-1-2-6-13(12)16(20)23/h11-13H,1-10H2,(H,24,25)/t11-,12?,13?,18+/m0/s1. The SMILES string of the molecule is O=C(CN1C(=O)C2CCCCC2C1=O)N1C[C@@H]2CCC[C@@]2(C(=O)O)C1. The summed E-state index contributed by atoms with van der Waals surface area (Å²) in [6.45, 7) is 0.399. The van der Waals surface area contributed by atoms with Crippen LogP contribution >= 0.6 is 0 Å². The lowest BCUT2D eigenvalue weighted by Gasteiger charge is -2.24. The fourth-order valence-corrected chi connectivity index (χ4v) is 5.45. The first-order chi connectivity index (χ1) is 11.9. The van der Waals surface area contributed by atoms with E-state index >= 15 is 0 Å². The van der Waals surface area contributed by atoms with Crippen LogP contribution in [-0.2, 0) is 19.2 Å². The summed E-state index contributed by atoms with van der Waals surface area (Å²) in [7, 11) is 0. The van der Waals surface area contributed by atoms with Gasteiger partial charge in [-0.1, -0.05) is 19.3 Å². The third-order valence-electron chi connectivity index (χ3n) is 6.88. The molecule has 2 saturated heterocycles. The summed E-state index contributed by atoms with van der Waals surface area (Å²) >= 11 is 0. The number of amides is 3. The van der Waals surface area contributed by atoms with E-state index < -0.39 is 11.4 Å². The van der Waals surface area contributed by atoms with Crippen molar-refractivity contribution in [2.45, 2.75) is 44.9 Å². The minimum Gasteiger partial charge on any atom is -0.481 e. The van der Waals surface area contributed by atoms with E-state index in [4.69, 9.17) is 0 Å². The minimum atomic E-state index is -0.831. The van der Waals surface area contributed by atoms with Gasteiger partial charge < -0.3 is 10.0 Å². The lowest BCUT2D eigenvalue weighted by Crippen LogP contribution is -2.44. The van der Waals surface area contributed by atoms with Gasteiger partial charge in [-0.3, -0.25) is 24.1 Å². The third kappa shape index (κ3) is 2.39. The molecule has 3 amide bonds. The second-order valence-electron chi connectivity index (χ2n) is 8.08. The van der Waals surface area contributed by atoms with Gasteiger partial charge in [-0.25, -0.2) is 0 Å². The number of carboxylic acids is 1. The molecule has 25 heavy (non-hydrogen) atoms. The molecule has 0 bridgehead atoms. The van der Waals surface area contributed by atoms with Crippen LogP contribution in [-0.4, -0.2) is 58.2 Å². The van der Waals surface area contributed by atoms with Crippen LogP contribution in [0.25, 0.3) is 0 Å². The summed E-state index contributed by atoms with van der Waals surface area (Å²) in [6.07, 6.45) is 5.67. The summed E-state index contributed by atoms with van der Waals surface area (Å²) < 4.78 is 0. The van der Waals surface area contributed by atoms with Crippen molar-refractivity contribution >= 4 is 23.7 Å². The molecule has 1 N–H and O–H groups in total. The van der Waals surface area contributed by atoms with Gasteiger partial charge in [0, 0.05) is 13.1 Å². The molecule has 2 aliphatic carbocycles. The number of likely N-dealkylation sites (tertiary alicyclic amines) is 2. The highest BCUT2D eigenvalue weighted by Crippen LogP contribution is 2.49. The molecule has 7 heteroatoms. The van der Waals surface area contributed by atoms with Crippen LogP contribution in [0.1, 0.15) is 44.9 Å². The quantitative estimate of drug-likeness (QED) is 0.764. The fraction of sp³-hybridized carbons (Fsp3) is 0.778. The normalized spacial score (nSPS) is 37.4. The first kappa shape index (κ1) is 16.5. The minimum absolute atomic E-state index is 0.0125. The molecule has 0 aromatic carbocycles. The Balaban J connectivity index is 1.45. The smallest absolute Gasteiger partial charge is 0.311 e. The number of fused-ring (bicyclic) bond motifs is 2. The molecule has 0 aromatic rings. The topological polar surface area (TPSA) is 95.0 Å². The van der Waals surface area contributed by atoms with Crippen molar-refractivity contribution in [2.24, 2.45) is 23.2 Å². The number of nitrogens with zero attached hydrogens (tertiary/aromatic N) is 2. The Morgan fingerprint density at radius 1 is 1.04 bits per heavy atom. The van der Waals surface area contributed by atoms with Crippen molar-refractivity contribution in [1.82, 2.24) is 9.80 Å². The number of hydrogen-bond donors (Lipinski definition) is 1. The van der Waals surface area contributed by atoms with Crippen LogP contribution in [0.15, 0.2) is 0 Å². The number of hydrogen-bond acceptors (Lipinski definition) is 4. The van der Waals surface area contributed by atoms with Crippen LogP contribution in [0.2, 0.25) is 0 Å². The molecule has 4 fully saturated rings. The van der Waals surface area contributed by atoms with E-state index in [0.29, 0.717) is 13.0 Å². The highest BCUT2D eigenvalue weighted by molar-refractivity contribution is 6.07. The number of imide groups is 1. The molecule has 4 rings (SSSR count). The summed E-state index contributed by atoms with van der Waals surface area (Å²) in [6, 6.07) is 0. The predicted molar refractivity (Wildman–Crippen MR) is 86.2 cm³/mol. The number of carbonyl (C=O) groups excluding carboxylic acids is 3. The van der Waals surface area contributed by atoms with Gasteiger partial charge in [0.2, 0.25) is 17.7 Å². The Kier molecular flexibility index (Phi) is 3.85. The van der Waals surface area contributed by atoms with Crippen LogP contribution < -0.4 is 0 Å². The second kappa shape index (κ2) is 5.81. The van der Waals surface area contributed by atoms with E-state index in [0.717, 1.165) is 43.4 Å². The molecule has 4 aliphatic rings. The van der Waals surface area contributed by atoms with E-state index in [1.807, 2.05) is 0 Å². The highest BCUT2D eigenvalue weighted by Gasteiger charge is 2.56. The Hall–Kier alpha value is -1.92. The zero-order chi connectivity index (χ0) is 17.8. The van der Waals surface area contributed by atoms with E-state index in [2.05, 4.69) is 0 Å². The van der Waals surface area contributed by atoms with Gasteiger partial charge >= 0.3 is 5.97 Å². The summed E-state index contributed by atoms with van der Waals surface area (Å²) in [5, 5.41) is 9.63. The molecule has 4 atom stereocenters. The molecule has 2 unspecified atom stereocenters. The van der Waals surface area contributed by atoms with Crippen LogP contribution in [0, 0.1) is 23.2 Å². The summed E-state index contributed by atoms with van der Waals surface area (Å²) in [5.41, 5.74) is -0.831. The van der Waals surface area contributed by atoms with Gasteiger partial charge in [-0.2, -0.15) is 0 Å². The van der Waals surface area contributed by atoms with Crippen molar-refractivity contribution in [3.05, 3.63) is 0 Å².